The number of morpholine rings is 1. The highest BCUT2D eigenvalue weighted by Gasteiger charge is 2.33. The fourth-order valence-corrected chi connectivity index (χ4v) is 4.73. The molecule has 1 aliphatic heterocycles. The molecule has 0 aliphatic carbocycles. The second kappa shape index (κ2) is 7.34. The molecule has 0 amide bonds. The number of benzene rings is 1. The minimum Gasteiger partial charge on any atom is -0.492 e. The number of hydrogen-bond acceptors (Lipinski definition) is 5. The van der Waals surface area contributed by atoms with E-state index in [1.807, 2.05) is 6.92 Å². The smallest absolute Gasteiger partial charge is 0.235 e. The molecule has 1 aliphatic rings. The number of thiazole rings is 1. The molecule has 3 heterocycles. The summed E-state index contributed by atoms with van der Waals surface area (Å²) in [5, 5.41) is 15.3. The summed E-state index contributed by atoms with van der Waals surface area (Å²) in [7, 11) is 0. The van der Waals surface area contributed by atoms with E-state index >= 15 is 0 Å². The van der Waals surface area contributed by atoms with E-state index in [-0.39, 0.29) is 11.9 Å². The molecule has 1 fully saturated rings. The standard InChI is InChI=1S/C19H24N4O2S/c1-3-13-5-7-14(8-6-13)16(22-9-11-25-12-10-22)17-18(24)23-19(26-17)20-15(4-2)21-23/h5-8,16,24H,3-4,9-12H2,1-2H3/p+1/t16-/m0/s1. The van der Waals surface area contributed by atoms with Gasteiger partial charge in [0.15, 0.2) is 11.9 Å². The van der Waals surface area contributed by atoms with Gasteiger partial charge in [0.2, 0.25) is 10.8 Å². The normalized spacial score (nSPS) is 17.0. The van der Waals surface area contributed by atoms with Gasteiger partial charge in [-0.2, -0.15) is 4.52 Å². The Balaban J connectivity index is 1.78. The van der Waals surface area contributed by atoms with E-state index < -0.39 is 0 Å². The van der Waals surface area contributed by atoms with Crippen molar-refractivity contribution in [1.82, 2.24) is 14.6 Å². The Morgan fingerprint density at radius 1 is 1.19 bits per heavy atom. The Bertz CT molecular complexity index is 881. The first-order valence-corrected chi connectivity index (χ1v) is 10.1. The second-order valence-corrected chi connectivity index (χ2v) is 7.67. The van der Waals surface area contributed by atoms with Crippen LogP contribution in [0.5, 0.6) is 5.88 Å². The summed E-state index contributed by atoms with van der Waals surface area (Å²) in [5.74, 6) is 0.987. The van der Waals surface area contributed by atoms with E-state index in [1.165, 1.54) is 16.0 Å². The molecule has 0 radical (unpaired) electrons. The summed E-state index contributed by atoms with van der Waals surface area (Å²) < 4.78 is 7.14. The molecule has 0 saturated carbocycles. The number of fused-ring (bicyclic) bond motifs is 1. The van der Waals surface area contributed by atoms with Crippen LogP contribution in [0.4, 0.5) is 0 Å². The van der Waals surface area contributed by atoms with Crippen LogP contribution in [0.2, 0.25) is 0 Å². The molecular formula is C19H25N4O2S+. The van der Waals surface area contributed by atoms with Crippen LogP contribution in [-0.2, 0) is 17.6 Å². The summed E-state index contributed by atoms with van der Waals surface area (Å²) >= 11 is 1.54. The van der Waals surface area contributed by atoms with E-state index in [0.717, 1.165) is 54.8 Å². The Kier molecular flexibility index (Phi) is 4.93. The fraction of sp³-hybridized carbons (Fsp3) is 0.474. The molecule has 4 rings (SSSR count). The van der Waals surface area contributed by atoms with Gasteiger partial charge in [-0.15, -0.1) is 5.10 Å². The zero-order valence-corrected chi connectivity index (χ0v) is 16.1. The second-order valence-electron chi connectivity index (χ2n) is 6.66. The largest absolute Gasteiger partial charge is 0.492 e. The monoisotopic (exact) mass is 373 g/mol. The van der Waals surface area contributed by atoms with Crippen LogP contribution in [-0.4, -0.2) is 46.0 Å². The van der Waals surface area contributed by atoms with E-state index in [0.29, 0.717) is 0 Å². The van der Waals surface area contributed by atoms with Gasteiger partial charge >= 0.3 is 0 Å². The molecule has 138 valence electrons. The lowest BCUT2D eigenvalue weighted by atomic mass is 10.0. The zero-order valence-electron chi connectivity index (χ0n) is 15.2. The number of hydrogen-bond donors (Lipinski definition) is 2. The summed E-state index contributed by atoms with van der Waals surface area (Å²) in [5.41, 5.74) is 2.54. The van der Waals surface area contributed by atoms with E-state index in [4.69, 9.17) is 4.74 Å². The van der Waals surface area contributed by atoms with Crippen LogP contribution < -0.4 is 4.90 Å². The molecule has 1 saturated heterocycles. The highest BCUT2D eigenvalue weighted by Crippen LogP contribution is 2.35. The third-order valence-electron chi connectivity index (χ3n) is 5.09. The average Bonchev–Trinajstić information content (AvgIpc) is 3.23. The number of nitrogens with one attached hydrogen (secondary N) is 1. The van der Waals surface area contributed by atoms with Gasteiger partial charge in [-0.05, 0) is 12.0 Å². The highest BCUT2D eigenvalue weighted by atomic mass is 32.1. The third kappa shape index (κ3) is 3.11. The van der Waals surface area contributed by atoms with Crippen molar-refractivity contribution in [3.63, 3.8) is 0 Å². The van der Waals surface area contributed by atoms with E-state index in [9.17, 15) is 5.11 Å². The van der Waals surface area contributed by atoms with Crippen molar-refractivity contribution >= 4 is 16.3 Å². The lowest BCUT2D eigenvalue weighted by Crippen LogP contribution is -3.14. The third-order valence-corrected chi connectivity index (χ3v) is 6.17. The van der Waals surface area contributed by atoms with Crippen LogP contribution in [0.3, 0.4) is 0 Å². The lowest BCUT2D eigenvalue weighted by molar-refractivity contribution is -0.932. The molecule has 0 bridgehead atoms. The summed E-state index contributed by atoms with van der Waals surface area (Å²) in [6.45, 7) is 7.53. The molecule has 2 aromatic heterocycles. The number of ether oxygens (including phenoxy) is 1. The topological polar surface area (TPSA) is 64.1 Å². The van der Waals surface area contributed by atoms with Gasteiger partial charge in [0, 0.05) is 12.0 Å². The molecule has 3 aromatic rings. The average molecular weight is 374 g/mol. The summed E-state index contributed by atoms with van der Waals surface area (Å²) in [6.07, 6.45) is 1.79. The number of aryl methyl sites for hydroxylation is 2. The van der Waals surface area contributed by atoms with Gasteiger partial charge < -0.3 is 14.7 Å². The maximum atomic E-state index is 10.9. The molecule has 0 spiro atoms. The molecule has 26 heavy (non-hydrogen) atoms. The molecule has 0 unspecified atom stereocenters. The Labute approximate surface area is 157 Å². The van der Waals surface area contributed by atoms with Crippen molar-refractivity contribution < 1.29 is 14.7 Å². The van der Waals surface area contributed by atoms with Crippen LogP contribution in [0, 0.1) is 0 Å². The molecule has 7 heteroatoms. The summed E-state index contributed by atoms with van der Waals surface area (Å²) in [6, 6.07) is 8.83. The van der Waals surface area contributed by atoms with Gasteiger partial charge in [-0.1, -0.05) is 49.4 Å². The number of nitrogens with zero attached hydrogens (tertiary/aromatic N) is 3. The van der Waals surface area contributed by atoms with Gasteiger partial charge in [0.05, 0.1) is 13.2 Å². The quantitative estimate of drug-likeness (QED) is 0.713. The van der Waals surface area contributed by atoms with E-state index in [2.05, 4.69) is 41.3 Å². The maximum absolute atomic E-state index is 10.9. The molecule has 1 aromatic carbocycles. The first kappa shape index (κ1) is 17.5. The fourth-order valence-electron chi connectivity index (χ4n) is 3.57. The summed E-state index contributed by atoms with van der Waals surface area (Å²) in [4.78, 5) is 7.65. The first-order chi connectivity index (χ1) is 12.7. The lowest BCUT2D eigenvalue weighted by Gasteiger charge is -2.31. The number of aromatic nitrogens is 3. The predicted octanol–water partition coefficient (Wildman–Crippen LogP) is 1.63. The highest BCUT2D eigenvalue weighted by molar-refractivity contribution is 7.17. The van der Waals surface area contributed by atoms with Gasteiger partial charge in [0.1, 0.15) is 18.0 Å². The van der Waals surface area contributed by atoms with Crippen molar-refractivity contribution in [3.8, 4) is 5.88 Å². The number of rotatable bonds is 5. The van der Waals surface area contributed by atoms with Crippen LogP contribution in [0.15, 0.2) is 24.3 Å². The van der Waals surface area contributed by atoms with Crippen LogP contribution >= 0.6 is 11.3 Å². The molecule has 1 atom stereocenters. The first-order valence-electron chi connectivity index (χ1n) is 9.29. The maximum Gasteiger partial charge on any atom is 0.235 e. The molecule has 6 nitrogen and oxygen atoms in total. The van der Waals surface area contributed by atoms with Crippen molar-refractivity contribution in [2.45, 2.75) is 32.7 Å². The zero-order chi connectivity index (χ0) is 18.1. The SMILES string of the molecule is CCc1ccc([C@@H](c2sc3nc(CC)nn3c2O)[NH+]2CCOCC2)cc1. The van der Waals surface area contributed by atoms with Gasteiger partial charge in [-0.3, -0.25) is 0 Å². The number of quaternary nitrogens is 1. The van der Waals surface area contributed by atoms with Crippen LogP contribution in [0.1, 0.15) is 41.7 Å². The predicted molar refractivity (Wildman–Crippen MR) is 101 cm³/mol. The van der Waals surface area contributed by atoms with Gasteiger partial charge in [0.25, 0.3) is 0 Å². The Morgan fingerprint density at radius 2 is 1.92 bits per heavy atom. The van der Waals surface area contributed by atoms with Crippen LogP contribution in [0.25, 0.3) is 4.96 Å². The van der Waals surface area contributed by atoms with E-state index in [1.54, 1.807) is 15.9 Å². The van der Waals surface area contributed by atoms with Crippen molar-refractivity contribution in [1.29, 1.82) is 0 Å². The Morgan fingerprint density at radius 3 is 2.54 bits per heavy atom. The molecular weight excluding hydrogens is 348 g/mol. The number of aromatic hydroxyl groups is 1. The Hall–Kier alpha value is -1.96. The van der Waals surface area contributed by atoms with Gasteiger partial charge in [-0.25, -0.2) is 4.98 Å². The minimum absolute atomic E-state index is 0.0726. The van der Waals surface area contributed by atoms with Crippen molar-refractivity contribution in [3.05, 3.63) is 46.1 Å². The minimum atomic E-state index is 0.0726. The van der Waals surface area contributed by atoms with Crippen molar-refractivity contribution in [2.75, 3.05) is 26.3 Å². The van der Waals surface area contributed by atoms with Crippen molar-refractivity contribution in [2.24, 2.45) is 0 Å². The molecule has 2 N–H and O–H groups in total.